The minimum Gasteiger partial charge on any atom is -0.306 e. The molecule has 19 heavy (non-hydrogen) atoms. The van der Waals surface area contributed by atoms with Crippen LogP contribution in [0.25, 0.3) is 0 Å². The lowest BCUT2D eigenvalue weighted by Crippen LogP contribution is -2.41. The van der Waals surface area contributed by atoms with E-state index in [0.29, 0.717) is 0 Å². The lowest BCUT2D eigenvalue weighted by molar-refractivity contribution is 0.101. The maximum atomic E-state index is 11.3. The van der Waals surface area contributed by atoms with Crippen molar-refractivity contribution < 1.29 is 4.79 Å². The Morgan fingerprint density at radius 1 is 1.26 bits per heavy atom. The molecule has 1 aliphatic heterocycles. The number of likely N-dealkylation sites (tertiary alicyclic amines) is 1. The van der Waals surface area contributed by atoms with E-state index in [1.165, 1.54) is 5.56 Å². The van der Waals surface area contributed by atoms with Crippen molar-refractivity contribution in [2.45, 2.75) is 28.9 Å². The molecule has 1 atom stereocenters. The molecule has 1 heterocycles. The van der Waals surface area contributed by atoms with Crippen LogP contribution < -0.4 is 0 Å². The van der Waals surface area contributed by atoms with Crippen molar-refractivity contribution in [2.24, 2.45) is 0 Å². The monoisotopic (exact) mass is 387 g/mol. The second-order valence-corrected chi connectivity index (χ2v) is 7.87. The number of benzene rings is 1. The third-order valence-electron chi connectivity index (χ3n) is 3.88. The van der Waals surface area contributed by atoms with Crippen molar-refractivity contribution in [1.82, 2.24) is 4.90 Å². The zero-order valence-electron chi connectivity index (χ0n) is 11.3. The Hall–Kier alpha value is -0.190. The Kier molecular flexibility index (Phi) is 4.85. The molecule has 0 saturated carbocycles. The molecule has 1 unspecified atom stereocenters. The molecule has 1 aromatic rings. The molecule has 0 aliphatic carbocycles. The molecule has 1 aromatic carbocycles. The molecule has 1 fully saturated rings. The van der Waals surface area contributed by atoms with E-state index in [9.17, 15) is 4.79 Å². The molecule has 104 valence electrons. The fraction of sp³-hybridized carbons (Fsp3) is 0.533. The largest absolute Gasteiger partial charge is 0.306 e. The van der Waals surface area contributed by atoms with Crippen LogP contribution in [0, 0.1) is 0 Å². The highest BCUT2D eigenvalue weighted by Gasteiger charge is 2.38. The lowest BCUT2D eigenvalue weighted by atomic mass is 9.89. The SMILES string of the molecule is CC(=O)c1ccc(C(Br)C2(Br)CCN(C)CC2)cc1. The number of carbonyl (C=O) groups excluding carboxylic acids is 1. The number of rotatable bonds is 3. The van der Waals surface area contributed by atoms with Crippen LogP contribution in [-0.2, 0) is 0 Å². The minimum atomic E-state index is 0.108. The molecule has 0 amide bonds. The van der Waals surface area contributed by atoms with Gasteiger partial charge in [0.1, 0.15) is 0 Å². The van der Waals surface area contributed by atoms with E-state index >= 15 is 0 Å². The summed E-state index contributed by atoms with van der Waals surface area (Å²) < 4.78 is 0.108. The maximum Gasteiger partial charge on any atom is 0.159 e. The van der Waals surface area contributed by atoms with Crippen LogP contribution in [0.15, 0.2) is 24.3 Å². The van der Waals surface area contributed by atoms with Crippen molar-refractivity contribution in [1.29, 1.82) is 0 Å². The van der Waals surface area contributed by atoms with Crippen LogP contribution in [0.3, 0.4) is 0 Å². The molecule has 1 aliphatic rings. The van der Waals surface area contributed by atoms with Gasteiger partial charge in [-0.05, 0) is 45.5 Å². The molecule has 0 bridgehead atoms. The first-order valence-electron chi connectivity index (χ1n) is 6.55. The molecular weight excluding hydrogens is 370 g/mol. The highest BCUT2D eigenvalue weighted by molar-refractivity contribution is 9.12. The summed E-state index contributed by atoms with van der Waals surface area (Å²) in [6, 6.07) is 7.93. The van der Waals surface area contributed by atoms with Gasteiger partial charge in [0.15, 0.2) is 5.78 Å². The first-order valence-corrected chi connectivity index (χ1v) is 8.26. The van der Waals surface area contributed by atoms with E-state index in [1.54, 1.807) is 6.92 Å². The minimum absolute atomic E-state index is 0.108. The summed E-state index contributed by atoms with van der Waals surface area (Å²) in [7, 11) is 2.16. The van der Waals surface area contributed by atoms with Gasteiger partial charge in [0, 0.05) is 9.89 Å². The summed E-state index contributed by atoms with van der Waals surface area (Å²) in [6.07, 6.45) is 2.24. The summed E-state index contributed by atoms with van der Waals surface area (Å²) in [5.41, 5.74) is 2.00. The van der Waals surface area contributed by atoms with E-state index in [1.807, 2.05) is 12.1 Å². The topological polar surface area (TPSA) is 20.3 Å². The van der Waals surface area contributed by atoms with Crippen LogP contribution in [0.1, 0.15) is 40.5 Å². The van der Waals surface area contributed by atoms with Crippen LogP contribution in [-0.4, -0.2) is 35.1 Å². The highest BCUT2D eigenvalue weighted by atomic mass is 79.9. The Bertz CT molecular complexity index is 450. The highest BCUT2D eigenvalue weighted by Crippen LogP contribution is 2.47. The number of hydrogen-bond acceptors (Lipinski definition) is 2. The van der Waals surface area contributed by atoms with Gasteiger partial charge in [0.05, 0.1) is 4.83 Å². The molecule has 0 N–H and O–H groups in total. The van der Waals surface area contributed by atoms with Gasteiger partial charge in [0.25, 0.3) is 0 Å². The zero-order chi connectivity index (χ0) is 14.0. The summed E-state index contributed by atoms with van der Waals surface area (Å²) in [4.78, 5) is 13.9. The molecule has 2 rings (SSSR count). The van der Waals surface area contributed by atoms with Crippen molar-refractivity contribution in [2.75, 3.05) is 20.1 Å². The predicted molar refractivity (Wildman–Crippen MR) is 86.5 cm³/mol. The standard InChI is InChI=1S/C15H19Br2NO/c1-11(19)12-3-5-13(6-4-12)14(16)15(17)7-9-18(2)10-8-15/h3-6,14H,7-10H2,1-2H3. The normalized spacial score (nSPS) is 21.1. The van der Waals surface area contributed by atoms with E-state index in [0.717, 1.165) is 31.5 Å². The fourth-order valence-corrected chi connectivity index (χ4v) is 3.81. The number of halogens is 2. The van der Waals surface area contributed by atoms with E-state index in [2.05, 4.69) is 55.9 Å². The Balaban J connectivity index is 2.14. The smallest absolute Gasteiger partial charge is 0.159 e. The molecule has 2 nitrogen and oxygen atoms in total. The van der Waals surface area contributed by atoms with E-state index in [4.69, 9.17) is 0 Å². The van der Waals surface area contributed by atoms with Gasteiger partial charge in [-0.3, -0.25) is 4.79 Å². The second kappa shape index (κ2) is 6.06. The van der Waals surface area contributed by atoms with Crippen molar-refractivity contribution in [3.63, 3.8) is 0 Å². The molecule has 0 spiro atoms. The van der Waals surface area contributed by atoms with Gasteiger partial charge in [-0.25, -0.2) is 0 Å². The van der Waals surface area contributed by atoms with Gasteiger partial charge in [0.2, 0.25) is 0 Å². The Morgan fingerprint density at radius 2 is 1.79 bits per heavy atom. The number of Topliss-reactive ketones (excluding diaryl/α,β-unsaturated/α-hetero) is 1. The van der Waals surface area contributed by atoms with Crippen LogP contribution in [0.5, 0.6) is 0 Å². The number of hydrogen-bond donors (Lipinski definition) is 0. The van der Waals surface area contributed by atoms with Crippen molar-refractivity contribution >= 4 is 37.6 Å². The molecule has 1 saturated heterocycles. The average molecular weight is 389 g/mol. The molecule has 0 aromatic heterocycles. The summed E-state index contributed by atoms with van der Waals surface area (Å²) in [5.74, 6) is 0.116. The van der Waals surface area contributed by atoms with Gasteiger partial charge in [-0.1, -0.05) is 56.1 Å². The lowest BCUT2D eigenvalue weighted by Gasteiger charge is -2.39. The van der Waals surface area contributed by atoms with E-state index < -0.39 is 0 Å². The molecule has 4 heteroatoms. The van der Waals surface area contributed by atoms with Crippen LogP contribution in [0.2, 0.25) is 0 Å². The van der Waals surface area contributed by atoms with Crippen LogP contribution >= 0.6 is 31.9 Å². The predicted octanol–water partition coefficient (Wildman–Crippen LogP) is 4.18. The summed E-state index contributed by atoms with van der Waals surface area (Å²) >= 11 is 7.77. The van der Waals surface area contributed by atoms with Crippen molar-refractivity contribution in [3.8, 4) is 0 Å². The average Bonchev–Trinajstić information content (AvgIpc) is 2.41. The fourth-order valence-electron chi connectivity index (χ4n) is 2.43. The van der Waals surface area contributed by atoms with Crippen molar-refractivity contribution in [3.05, 3.63) is 35.4 Å². The number of nitrogens with zero attached hydrogens (tertiary/aromatic N) is 1. The van der Waals surface area contributed by atoms with Gasteiger partial charge in [-0.2, -0.15) is 0 Å². The van der Waals surface area contributed by atoms with Crippen LogP contribution in [0.4, 0.5) is 0 Å². The number of ketones is 1. The quantitative estimate of drug-likeness (QED) is 0.571. The van der Waals surface area contributed by atoms with Gasteiger partial charge < -0.3 is 4.90 Å². The molecule has 0 radical (unpaired) electrons. The Morgan fingerprint density at radius 3 is 2.26 bits per heavy atom. The summed E-state index contributed by atoms with van der Waals surface area (Å²) in [6.45, 7) is 3.82. The first kappa shape index (κ1) is 15.2. The second-order valence-electron chi connectivity index (χ2n) is 5.38. The maximum absolute atomic E-state index is 11.3. The molecular formula is C15H19Br2NO. The number of piperidine rings is 1. The number of alkyl halides is 2. The third kappa shape index (κ3) is 3.47. The van der Waals surface area contributed by atoms with Gasteiger partial charge >= 0.3 is 0 Å². The zero-order valence-corrected chi connectivity index (χ0v) is 14.5. The summed E-state index contributed by atoms with van der Waals surface area (Å²) in [5, 5.41) is 0. The first-order chi connectivity index (χ1) is 8.92. The Labute approximate surface area is 131 Å². The third-order valence-corrected chi connectivity index (χ3v) is 7.15. The van der Waals surface area contributed by atoms with E-state index in [-0.39, 0.29) is 14.9 Å². The van der Waals surface area contributed by atoms with Gasteiger partial charge in [-0.15, -0.1) is 0 Å². The number of carbonyl (C=O) groups is 1.